The summed E-state index contributed by atoms with van der Waals surface area (Å²) in [6, 6.07) is 0. The molecule has 1 aliphatic rings. The second-order valence-corrected chi connectivity index (χ2v) is 6.84. The summed E-state index contributed by atoms with van der Waals surface area (Å²) in [6.45, 7) is 6.50. The Morgan fingerprint density at radius 2 is 2.20 bits per heavy atom. The molecule has 0 amide bonds. The number of thiazole rings is 1. The van der Waals surface area contributed by atoms with E-state index in [4.69, 9.17) is 4.74 Å². The average molecular weight is 492 g/mol. The minimum Gasteiger partial charge on any atom is -0.373 e. The highest BCUT2D eigenvalue weighted by atomic mass is 127. The van der Waals surface area contributed by atoms with Crippen molar-refractivity contribution in [2.75, 3.05) is 26.2 Å². The third-order valence-electron chi connectivity index (χ3n) is 3.69. The van der Waals surface area contributed by atoms with Gasteiger partial charge in [-0.1, -0.05) is 0 Å². The van der Waals surface area contributed by atoms with Gasteiger partial charge < -0.3 is 15.4 Å². The number of aliphatic imine (C=N–C) groups is 1. The Morgan fingerprint density at radius 3 is 2.76 bits per heavy atom. The van der Waals surface area contributed by atoms with Gasteiger partial charge in [0.1, 0.15) is 0 Å². The molecule has 1 fully saturated rings. The number of nitrogens with zero attached hydrogens (tertiary/aromatic N) is 2. The van der Waals surface area contributed by atoms with Gasteiger partial charge in [-0.15, -0.1) is 35.3 Å². The van der Waals surface area contributed by atoms with Crippen molar-refractivity contribution in [2.45, 2.75) is 44.9 Å². The van der Waals surface area contributed by atoms with Crippen LogP contribution in [-0.4, -0.2) is 42.8 Å². The molecule has 1 aromatic rings. The predicted molar refractivity (Wildman–Crippen MR) is 104 cm³/mol. The van der Waals surface area contributed by atoms with Crippen LogP contribution in [0.5, 0.6) is 0 Å². The highest BCUT2D eigenvalue weighted by Gasteiger charge is 2.33. The van der Waals surface area contributed by atoms with Crippen LogP contribution < -0.4 is 10.6 Å². The Labute approximate surface area is 166 Å². The van der Waals surface area contributed by atoms with E-state index in [0.29, 0.717) is 37.0 Å². The fraction of sp³-hybridized carbons (Fsp3) is 0.733. The van der Waals surface area contributed by atoms with Gasteiger partial charge in [0.05, 0.1) is 17.2 Å². The maximum Gasteiger partial charge on any atom is 0.434 e. The van der Waals surface area contributed by atoms with Crippen LogP contribution in [0.4, 0.5) is 13.2 Å². The molecule has 10 heteroatoms. The van der Waals surface area contributed by atoms with Crippen LogP contribution in [0.15, 0.2) is 10.4 Å². The summed E-state index contributed by atoms with van der Waals surface area (Å²) < 4.78 is 43.3. The molecule has 0 aromatic carbocycles. The summed E-state index contributed by atoms with van der Waals surface area (Å²) in [5.41, 5.74) is -1.05. The van der Waals surface area contributed by atoms with Crippen LogP contribution in [0.2, 0.25) is 0 Å². The maximum absolute atomic E-state index is 12.5. The molecule has 0 saturated carbocycles. The molecule has 144 valence electrons. The van der Waals surface area contributed by atoms with Gasteiger partial charge in [0.25, 0.3) is 0 Å². The van der Waals surface area contributed by atoms with Gasteiger partial charge in [-0.05, 0) is 26.7 Å². The molecule has 0 radical (unpaired) electrons. The third kappa shape index (κ3) is 7.26. The van der Waals surface area contributed by atoms with Crippen LogP contribution in [0.25, 0.3) is 0 Å². The van der Waals surface area contributed by atoms with E-state index < -0.39 is 11.9 Å². The van der Waals surface area contributed by atoms with Gasteiger partial charge in [0.15, 0.2) is 11.7 Å². The molecule has 1 atom stereocenters. The molecule has 0 spiro atoms. The van der Waals surface area contributed by atoms with E-state index in [1.807, 2.05) is 13.8 Å². The summed E-state index contributed by atoms with van der Waals surface area (Å²) in [4.78, 5) is 8.13. The molecule has 1 aromatic heterocycles. The molecule has 2 rings (SSSR count). The number of ether oxygens (including phenoxy) is 1. The maximum atomic E-state index is 12.5. The van der Waals surface area contributed by atoms with Crippen LogP contribution >= 0.6 is 35.3 Å². The lowest BCUT2D eigenvalue weighted by atomic mass is 10.0. The first kappa shape index (κ1) is 22.4. The number of nitrogens with one attached hydrogen (secondary N) is 2. The third-order valence-corrected chi connectivity index (χ3v) is 4.60. The zero-order valence-corrected chi connectivity index (χ0v) is 17.4. The molecule has 1 saturated heterocycles. The topological polar surface area (TPSA) is 58.5 Å². The highest BCUT2D eigenvalue weighted by molar-refractivity contribution is 14.0. The van der Waals surface area contributed by atoms with Gasteiger partial charge in [-0.3, -0.25) is 4.99 Å². The van der Waals surface area contributed by atoms with Crippen molar-refractivity contribution >= 4 is 41.3 Å². The van der Waals surface area contributed by atoms with Crippen molar-refractivity contribution < 1.29 is 17.9 Å². The summed E-state index contributed by atoms with van der Waals surface area (Å²) in [5.74, 6) is 0.641. The lowest BCUT2D eigenvalue weighted by Gasteiger charge is -2.21. The van der Waals surface area contributed by atoms with Crippen molar-refractivity contribution in [3.8, 4) is 0 Å². The van der Waals surface area contributed by atoms with Gasteiger partial charge in [-0.25, -0.2) is 4.98 Å². The van der Waals surface area contributed by atoms with Gasteiger partial charge in [-0.2, -0.15) is 13.2 Å². The molecule has 0 bridgehead atoms. The van der Waals surface area contributed by atoms with E-state index in [-0.39, 0.29) is 29.6 Å². The number of hydrogen-bond donors (Lipinski definition) is 2. The SMILES string of the molecule is CCNC(=NCC1(C)CCCO1)NCCc1nc(C(F)(F)F)cs1.I. The minimum absolute atomic E-state index is 0. The number of rotatable bonds is 6. The lowest BCUT2D eigenvalue weighted by molar-refractivity contribution is -0.140. The van der Waals surface area contributed by atoms with Crippen LogP contribution in [0, 0.1) is 0 Å². The number of hydrogen-bond acceptors (Lipinski definition) is 4. The first-order valence-corrected chi connectivity index (χ1v) is 8.88. The normalized spacial score (nSPS) is 21.1. The standard InChI is InChI=1S/C15H23F3N4OS.HI/c1-3-19-13(21-10-14(2)6-4-8-23-14)20-7-5-12-22-11(9-24-12)15(16,17)18;/h9H,3-8,10H2,1-2H3,(H2,19,20,21);1H. The molecule has 5 nitrogen and oxygen atoms in total. The van der Waals surface area contributed by atoms with Gasteiger partial charge >= 0.3 is 6.18 Å². The summed E-state index contributed by atoms with van der Waals surface area (Å²) in [6.07, 6.45) is -1.94. The van der Waals surface area contributed by atoms with E-state index in [2.05, 4.69) is 20.6 Å². The Kier molecular flexibility index (Phi) is 8.89. The second kappa shape index (κ2) is 9.91. The van der Waals surface area contributed by atoms with E-state index in [1.54, 1.807) is 0 Å². The molecular formula is C15H24F3IN4OS. The van der Waals surface area contributed by atoms with E-state index >= 15 is 0 Å². The lowest BCUT2D eigenvalue weighted by Crippen LogP contribution is -2.40. The smallest absolute Gasteiger partial charge is 0.373 e. The molecule has 1 unspecified atom stereocenters. The number of alkyl halides is 3. The molecule has 2 N–H and O–H groups in total. The van der Waals surface area contributed by atoms with Crippen molar-refractivity contribution in [2.24, 2.45) is 4.99 Å². The summed E-state index contributed by atoms with van der Waals surface area (Å²) >= 11 is 1.02. The Balaban J connectivity index is 0.00000312. The van der Waals surface area contributed by atoms with E-state index in [1.165, 1.54) is 0 Å². The van der Waals surface area contributed by atoms with Crippen LogP contribution in [-0.2, 0) is 17.3 Å². The highest BCUT2D eigenvalue weighted by Crippen LogP contribution is 2.30. The monoisotopic (exact) mass is 492 g/mol. The molecule has 25 heavy (non-hydrogen) atoms. The summed E-state index contributed by atoms with van der Waals surface area (Å²) in [5, 5.41) is 7.76. The minimum atomic E-state index is -4.38. The predicted octanol–water partition coefficient (Wildman–Crippen LogP) is 3.45. The second-order valence-electron chi connectivity index (χ2n) is 5.90. The van der Waals surface area contributed by atoms with Crippen molar-refractivity contribution in [3.63, 3.8) is 0 Å². The molecule has 2 heterocycles. The fourth-order valence-corrected chi connectivity index (χ4v) is 3.20. The quantitative estimate of drug-likeness (QED) is 0.363. The Morgan fingerprint density at radius 1 is 1.44 bits per heavy atom. The number of halogens is 4. The Hall–Kier alpha value is -0.620. The first-order valence-electron chi connectivity index (χ1n) is 8.00. The molecular weight excluding hydrogens is 468 g/mol. The fourth-order valence-electron chi connectivity index (χ4n) is 2.39. The van der Waals surface area contributed by atoms with E-state index in [9.17, 15) is 13.2 Å². The summed E-state index contributed by atoms with van der Waals surface area (Å²) in [7, 11) is 0. The van der Waals surface area contributed by atoms with Crippen molar-refractivity contribution in [1.29, 1.82) is 0 Å². The van der Waals surface area contributed by atoms with Gasteiger partial charge in [0, 0.05) is 31.5 Å². The molecule has 1 aliphatic heterocycles. The zero-order chi connectivity index (χ0) is 17.6. The van der Waals surface area contributed by atoms with Crippen molar-refractivity contribution in [3.05, 3.63) is 16.1 Å². The van der Waals surface area contributed by atoms with Gasteiger partial charge in [0.2, 0.25) is 0 Å². The Bertz CT molecular complexity index is 559. The van der Waals surface area contributed by atoms with Crippen LogP contribution in [0.3, 0.4) is 0 Å². The molecule has 0 aliphatic carbocycles. The zero-order valence-electron chi connectivity index (χ0n) is 14.3. The number of aromatic nitrogens is 1. The average Bonchev–Trinajstić information content (AvgIpc) is 3.14. The number of guanidine groups is 1. The largest absolute Gasteiger partial charge is 0.434 e. The van der Waals surface area contributed by atoms with Crippen LogP contribution in [0.1, 0.15) is 37.4 Å². The first-order chi connectivity index (χ1) is 11.3. The van der Waals surface area contributed by atoms with Crippen molar-refractivity contribution in [1.82, 2.24) is 15.6 Å². The van der Waals surface area contributed by atoms with E-state index in [0.717, 1.165) is 36.2 Å².